The summed E-state index contributed by atoms with van der Waals surface area (Å²) in [5, 5.41) is 0.494. The second-order valence-corrected chi connectivity index (χ2v) is 4.43. The van der Waals surface area contributed by atoms with Gasteiger partial charge in [-0.25, -0.2) is 14.8 Å². The van der Waals surface area contributed by atoms with Crippen molar-refractivity contribution in [1.29, 1.82) is 0 Å². The second kappa shape index (κ2) is 6.90. The van der Waals surface area contributed by atoms with Crippen LogP contribution in [0.1, 0.15) is 23.1 Å². The molecule has 21 heavy (non-hydrogen) atoms. The molecule has 0 radical (unpaired) electrons. The molecule has 7 heteroatoms. The fourth-order valence-electron chi connectivity index (χ4n) is 1.57. The molecule has 0 aliphatic rings. The van der Waals surface area contributed by atoms with Crippen LogP contribution >= 0.6 is 11.6 Å². The Hall–Kier alpha value is -2.34. The molecule has 2 N–H and O–H groups in total. The van der Waals surface area contributed by atoms with Crippen molar-refractivity contribution in [3.8, 4) is 5.75 Å². The molecule has 0 unspecified atom stereocenters. The van der Waals surface area contributed by atoms with E-state index in [0.29, 0.717) is 16.6 Å². The van der Waals surface area contributed by atoms with Crippen LogP contribution in [0.3, 0.4) is 0 Å². The van der Waals surface area contributed by atoms with E-state index in [0.717, 1.165) is 0 Å². The maximum Gasteiger partial charge on any atom is 0.343 e. The molecule has 2 rings (SSSR count). The van der Waals surface area contributed by atoms with E-state index in [1.165, 1.54) is 6.20 Å². The topological polar surface area (TPSA) is 87.3 Å². The van der Waals surface area contributed by atoms with Crippen molar-refractivity contribution in [2.75, 3.05) is 12.3 Å². The van der Waals surface area contributed by atoms with Gasteiger partial charge in [-0.3, -0.25) is 0 Å². The van der Waals surface area contributed by atoms with Crippen LogP contribution in [0.15, 0.2) is 30.5 Å². The average molecular weight is 308 g/mol. The van der Waals surface area contributed by atoms with Crippen LogP contribution in [-0.2, 0) is 11.3 Å². The Labute approximate surface area is 126 Å². The number of anilines is 1. The van der Waals surface area contributed by atoms with Gasteiger partial charge in [0.25, 0.3) is 0 Å². The Morgan fingerprint density at radius 3 is 2.81 bits per heavy atom. The summed E-state index contributed by atoms with van der Waals surface area (Å²) >= 11 is 5.97. The number of nitrogens with two attached hydrogens (primary N) is 1. The van der Waals surface area contributed by atoms with Gasteiger partial charge in [0.05, 0.1) is 11.6 Å². The Kier molecular flexibility index (Phi) is 4.94. The number of para-hydroxylation sites is 1. The molecule has 0 spiro atoms. The second-order valence-electron chi connectivity index (χ2n) is 4.02. The summed E-state index contributed by atoms with van der Waals surface area (Å²) in [7, 11) is 0. The van der Waals surface area contributed by atoms with E-state index in [1.54, 1.807) is 31.2 Å². The van der Waals surface area contributed by atoms with Gasteiger partial charge >= 0.3 is 5.97 Å². The number of rotatable bonds is 5. The number of hydrogen-bond donors (Lipinski definition) is 1. The van der Waals surface area contributed by atoms with Gasteiger partial charge in [0.15, 0.2) is 5.82 Å². The molecular weight excluding hydrogens is 294 g/mol. The highest BCUT2D eigenvalue weighted by Crippen LogP contribution is 2.23. The largest absolute Gasteiger partial charge is 0.484 e. The molecule has 0 atom stereocenters. The number of halogens is 1. The quantitative estimate of drug-likeness (QED) is 0.854. The van der Waals surface area contributed by atoms with Crippen LogP contribution in [0.25, 0.3) is 0 Å². The van der Waals surface area contributed by atoms with E-state index in [-0.39, 0.29) is 24.6 Å². The first-order valence-corrected chi connectivity index (χ1v) is 6.65. The lowest BCUT2D eigenvalue weighted by Gasteiger charge is -2.08. The summed E-state index contributed by atoms with van der Waals surface area (Å²) in [4.78, 5) is 19.6. The fourth-order valence-corrected chi connectivity index (χ4v) is 1.76. The molecule has 1 aromatic carbocycles. The van der Waals surface area contributed by atoms with Crippen LogP contribution in [-0.4, -0.2) is 22.5 Å². The molecule has 0 aliphatic carbocycles. The van der Waals surface area contributed by atoms with Crippen LogP contribution in [0.2, 0.25) is 5.02 Å². The van der Waals surface area contributed by atoms with Crippen molar-refractivity contribution in [2.45, 2.75) is 13.5 Å². The number of aromatic nitrogens is 2. The zero-order valence-electron chi connectivity index (χ0n) is 11.4. The molecule has 1 heterocycles. The summed E-state index contributed by atoms with van der Waals surface area (Å²) in [5.74, 6) is 0.381. The Morgan fingerprint density at radius 2 is 2.14 bits per heavy atom. The zero-order valence-corrected chi connectivity index (χ0v) is 12.1. The minimum atomic E-state index is -0.548. The van der Waals surface area contributed by atoms with Crippen molar-refractivity contribution >= 4 is 23.4 Å². The van der Waals surface area contributed by atoms with Gasteiger partial charge < -0.3 is 15.2 Å². The van der Waals surface area contributed by atoms with Gasteiger partial charge in [-0.1, -0.05) is 23.7 Å². The lowest BCUT2D eigenvalue weighted by molar-refractivity contribution is 0.0526. The van der Waals surface area contributed by atoms with Crippen molar-refractivity contribution in [3.05, 3.63) is 46.9 Å². The van der Waals surface area contributed by atoms with E-state index in [9.17, 15) is 4.79 Å². The van der Waals surface area contributed by atoms with Crippen molar-refractivity contribution in [2.24, 2.45) is 0 Å². The molecule has 0 saturated carbocycles. The van der Waals surface area contributed by atoms with E-state index in [4.69, 9.17) is 26.8 Å². The summed E-state index contributed by atoms with van der Waals surface area (Å²) in [6, 6.07) is 7.06. The fraction of sp³-hybridized carbons (Fsp3) is 0.214. The number of nitrogens with zero attached hydrogens (tertiary/aromatic N) is 2. The molecule has 0 aliphatic heterocycles. The Balaban J connectivity index is 2.07. The normalized spacial score (nSPS) is 10.2. The van der Waals surface area contributed by atoms with E-state index < -0.39 is 5.97 Å². The third kappa shape index (κ3) is 3.82. The lowest BCUT2D eigenvalue weighted by atomic mass is 10.3. The summed E-state index contributed by atoms with van der Waals surface area (Å²) in [6.45, 7) is 2.06. The molecule has 2 aromatic rings. The maximum absolute atomic E-state index is 11.6. The minimum absolute atomic E-state index is 0.0567. The van der Waals surface area contributed by atoms with Gasteiger partial charge in [0.2, 0.25) is 0 Å². The van der Waals surface area contributed by atoms with Crippen molar-refractivity contribution < 1.29 is 14.3 Å². The van der Waals surface area contributed by atoms with Gasteiger partial charge in [0.1, 0.15) is 23.7 Å². The number of carbonyl (C=O) groups is 1. The molecular formula is C14H14ClN3O3. The monoisotopic (exact) mass is 307 g/mol. The molecule has 0 saturated heterocycles. The number of benzene rings is 1. The molecule has 0 amide bonds. The third-order valence-electron chi connectivity index (χ3n) is 2.56. The summed E-state index contributed by atoms with van der Waals surface area (Å²) in [5.41, 5.74) is 5.86. The Bertz CT molecular complexity index is 649. The van der Waals surface area contributed by atoms with Gasteiger partial charge in [-0.05, 0) is 19.1 Å². The van der Waals surface area contributed by atoms with Crippen molar-refractivity contribution in [3.63, 3.8) is 0 Å². The SMILES string of the molecule is CCOC(=O)c1cnc(COc2ccccc2Cl)nc1N. The first kappa shape index (κ1) is 15.1. The van der Waals surface area contributed by atoms with E-state index >= 15 is 0 Å². The molecule has 6 nitrogen and oxygen atoms in total. The third-order valence-corrected chi connectivity index (χ3v) is 2.87. The van der Waals surface area contributed by atoms with Crippen LogP contribution in [0.4, 0.5) is 5.82 Å². The van der Waals surface area contributed by atoms with Gasteiger partial charge in [-0.15, -0.1) is 0 Å². The number of ether oxygens (including phenoxy) is 2. The summed E-state index contributed by atoms with van der Waals surface area (Å²) < 4.78 is 10.3. The van der Waals surface area contributed by atoms with Gasteiger partial charge in [-0.2, -0.15) is 0 Å². The number of nitrogen functional groups attached to an aromatic ring is 1. The average Bonchev–Trinajstić information content (AvgIpc) is 2.46. The lowest BCUT2D eigenvalue weighted by Crippen LogP contribution is -2.12. The number of esters is 1. The summed E-state index contributed by atoms with van der Waals surface area (Å²) in [6.07, 6.45) is 1.33. The molecule has 110 valence electrons. The number of carbonyl (C=O) groups excluding carboxylic acids is 1. The molecule has 0 fully saturated rings. The smallest absolute Gasteiger partial charge is 0.343 e. The number of hydrogen-bond acceptors (Lipinski definition) is 6. The standard InChI is InChI=1S/C14H14ClN3O3/c1-2-20-14(19)9-7-17-12(18-13(9)16)8-21-11-6-4-3-5-10(11)15/h3-7H,2,8H2,1H3,(H2,16,17,18). The highest BCUT2D eigenvalue weighted by molar-refractivity contribution is 6.32. The predicted octanol–water partition coefficient (Wildman–Crippen LogP) is 2.47. The first-order chi connectivity index (χ1) is 10.1. The first-order valence-electron chi connectivity index (χ1n) is 6.27. The van der Waals surface area contributed by atoms with E-state index in [1.807, 2.05) is 0 Å². The van der Waals surface area contributed by atoms with Crippen LogP contribution in [0.5, 0.6) is 5.75 Å². The van der Waals surface area contributed by atoms with Crippen LogP contribution in [0, 0.1) is 0 Å². The van der Waals surface area contributed by atoms with E-state index in [2.05, 4.69) is 9.97 Å². The predicted molar refractivity (Wildman–Crippen MR) is 78.2 cm³/mol. The minimum Gasteiger partial charge on any atom is -0.484 e. The maximum atomic E-state index is 11.6. The molecule has 0 bridgehead atoms. The zero-order chi connectivity index (χ0) is 15.2. The van der Waals surface area contributed by atoms with Crippen LogP contribution < -0.4 is 10.5 Å². The highest BCUT2D eigenvalue weighted by Gasteiger charge is 2.13. The van der Waals surface area contributed by atoms with Crippen molar-refractivity contribution in [1.82, 2.24) is 9.97 Å². The Morgan fingerprint density at radius 1 is 1.38 bits per heavy atom. The molecule has 1 aromatic heterocycles. The highest BCUT2D eigenvalue weighted by atomic mass is 35.5. The van der Waals surface area contributed by atoms with Gasteiger partial charge in [0, 0.05) is 6.20 Å².